The van der Waals surface area contributed by atoms with Gasteiger partial charge in [0.15, 0.2) is 15.0 Å². The maximum Gasteiger partial charge on any atom is 0.230 e. The maximum atomic E-state index is 12.2. The second kappa shape index (κ2) is 8.81. The van der Waals surface area contributed by atoms with Crippen molar-refractivity contribution in [3.05, 3.63) is 58.6 Å². The van der Waals surface area contributed by atoms with Crippen LogP contribution in [0.3, 0.4) is 0 Å². The van der Waals surface area contributed by atoms with E-state index in [4.69, 9.17) is 16.3 Å². The van der Waals surface area contributed by atoms with Gasteiger partial charge in [-0.3, -0.25) is 4.79 Å². The Morgan fingerprint density at radius 1 is 1.17 bits per heavy atom. The fraction of sp³-hybridized carbons (Fsp3) is 0.158. The van der Waals surface area contributed by atoms with Crippen molar-refractivity contribution in [3.8, 4) is 5.75 Å². The highest BCUT2D eigenvalue weighted by atomic mass is 35.5. The smallest absolute Gasteiger partial charge is 0.230 e. The zero-order chi connectivity index (χ0) is 21.0. The molecule has 0 unspecified atom stereocenters. The molecule has 0 aliphatic rings. The molecule has 0 saturated heterocycles. The molecule has 0 radical (unpaired) electrons. The summed E-state index contributed by atoms with van der Waals surface area (Å²) in [6.07, 6.45) is 1.27. The van der Waals surface area contributed by atoms with E-state index >= 15 is 0 Å². The van der Waals surface area contributed by atoms with Crippen molar-refractivity contribution in [2.45, 2.75) is 11.3 Å². The van der Waals surface area contributed by atoms with Crippen LogP contribution in [0, 0.1) is 0 Å². The molecule has 2 aromatic carbocycles. The molecule has 152 valence electrons. The molecule has 1 amide bonds. The first-order valence-electron chi connectivity index (χ1n) is 8.39. The Bertz CT molecular complexity index is 1130. The van der Waals surface area contributed by atoms with E-state index in [2.05, 4.69) is 15.6 Å². The van der Waals surface area contributed by atoms with Crippen molar-refractivity contribution in [1.82, 2.24) is 4.98 Å². The molecular formula is C19H18ClN3O4S2. The van der Waals surface area contributed by atoms with Gasteiger partial charge in [-0.1, -0.05) is 11.6 Å². The van der Waals surface area contributed by atoms with Crippen LogP contribution in [0.4, 0.5) is 16.5 Å². The van der Waals surface area contributed by atoms with E-state index in [1.165, 1.54) is 30.6 Å². The van der Waals surface area contributed by atoms with E-state index < -0.39 is 9.84 Å². The lowest BCUT2D eigenvalue weighted by Gasteiger charge is -2.07. The molecule has 10 heteroatoms. The Kier molecular flexibility index (Phi) is 6.41. The first kappa shape index (κ1) is 21.1. The normalized spacial score (nSPS) is 11.1. The average Bonchev–Trinajstić information content (AvgIpc) is 3.08. The summed E-state index contributed by atoms with van der Waals surface area (Å²) in [5.74, 6) is 0.310. The molecule has 0 bridgehead atoms. The van der Waals surface area contributed by atoms with Crippen molar-refractivity contribution in [2.75, 3.05) is 24.0 Å². The SMILES string of the molecule is COc1ccc(NC(=O)Cc2csc(Nc3ccc(S(C)(=O)=O)cc3)n2)cc1Cl. The molecule has 0 aliphatic heterocycles. The molecule has 0 saturated carbocycles. The van der Waals surface area contributed by atoms with Crippen LogP contribution in [0.5, 0.6) is 5.75 Å². The summed E-state index contributed by atoms with van der Waals surface area (Å²) in [6.45, 7) is 0. The van der Waals surface area contributed by atoms with E-state index in [-0.39, 0.29) is 17.2 Å². The molecule has 2 N–H and O–H groups in total. The van der Waals surface area contributed by atoms with Gasteiger partial charge in [-0.15, -0.1) is 11.3 Å². The number of carbonyl (C=O) groups excluding carboxylic acids is 1. The maximum absolute atomic E-state index is 12.2. The van der Waals surface area contributed by atoms with Gasteiger partial charge < -0.3 is 15.4 Å². The van der Waals surface area contributed by atoms with Crippen molar-refractivity contribution in [2.24, 2.45) is 0 Å². The fourth-order valence-electron chi connectivity index (χ4n) is 2.47. The average molecular weight is 452 g/mol. The minimum absolute atomic E-state index is 0.106. The zero-order valence-corrected chi connectivity index (χ0v) is 18.0. The standard InChI is InChI=1S/C19H18ClN3O4S2/c1-27-17-8-5-13(9-16(17)20)21-18(24)10-14-11-28-19(23-14)22-12-3-6-15(7-4-12)29(2,25)26/h3-9,11H,10H2,1-2H3,(H,21,24)(H,22,23). The molecule has 3 rings (SSSR count). The number of aromatic nitrogens is 1. The predicted octanol–water partition coefficient (Wildman–Crippen LogP) is 4.13. The van der Waals surface area contributed by atoms with Crippen LogP contribution in [-0.2, 0) is 21.1 Å². The number of amides is 1. The number of halogens is 1. The number of ether oxygens (including phenoxy) is 1. The second-order valence-corrected chi connectivity index (χ2v) is 9.42. The summed E-state index contributed by atoms with van der Waals surface area (Å²) >= 11 is 7.41. The number of carbonyl (C=O) groups is 1. The Morgan fingerprint density at radius 2 is 1.86 bits per heavy atom. The van der Waals surface area contributed by atoms with Crippen LogP contribution in [0.2, 0.25) is 5.02 Å². The molecule has 29 heavy (non-hydrogen) atoms. The van der Waals surface area contributed by atoms with Gasteiger partial charge in [-0.25, -0.2) is 13.4 Å². The predicted molar refractivity (Wildman–Crippen MR) is 115 cm³/mol. The zero-order valence-electron chi connectivity index (χ0n) is 15.6. The Morgan fingerprint density at radius 3 is 2.48 bits per heavy atom. The van der Waals surface area contributed by atoms with E-state index in [0.29, 0.717) is 33.0 Å². The lowest BCUT2D eigenvalue weighted by atomic mass is 10.2. The summed E-state index contributed by atoms with van der Waals surface area (Å²) in [4.78, 5) is 16.9. The van der Waals surface area contributed by atoms with Crippen LogP contribution in [-0.4, -0.2) is 32.7 Å². The minimum atomic E-state index is -3.23. The minimum Gasteiger partial charge on any atom is -0.495 e. The number of hydrogen-bond donors (Lipinski definition) is 2. The summed E-state index contributed by atoms with van der Waals surface area (Å²) < 4.78 is 28.1. The van der Waals surface area contributed by atoms with E-state index in [9.17, 15) is 13.2 Å². The third kappa shape index (κ3) is 5.69. The number of sulfone groups is 1. The van der Waals surface area contributed by atoms with Gasteiger partial charge in [0.05, 0.1) is 29.1 Å². The fourth-order valence-corrected chi connectivity index (χ4v) is 4.09. The van der Waals surface area contributed by atoms with E-state index in [0.717, 1.165) is 6.26 Å². The first-order valence-corrected chi connectivity index (χ1v) is 11.5. The monoisotopic (exact) mass is 451 g/mol. The lowest BCUT2D eigenvalue weighted by Crippen LogP contribution is -2.14. The van der Waals surface area contributed by atoms with Crippen molar-refractivity contribution >= 4 is 55.2 Å². The van der Waals surface area contributed by atoms with Crippen LogP contribution in [0.25, 0.3) is 0 Å². The summed E-state index contributed by atoms with van der Waals surface area (Å²) in [5, 5.41) is 8.66. The van der Waals surface area contributed by atoms with E-state index in [1.807, 2.05) is 0 Å². The number of anilines is 3. The Labute approximate surface area is 177 Å². The first-order chi connectivity index (χ1) is 13.7. The van der Waals surface area contributed by atoms with Gasteiger partial charge >= 0.3 is 0 Å². The third-order valence-corrected chi connectivity index (χ3v) is 6.09. The topological polar surface area (TPSA) is 97.4 Å². The van der Waals surface area contributed by atoms with Gasteiger partial charge in [0.25, 0.3) is 0 Å². The summed E-state index contributed by atoms with van der Waals surface area (Å²) in [7, 11) is -1.71. The van der Waals surface area contributed by atoms with Crippen LogP contribution in [0.15, 0.2) is 52.7 Å². The van der Waals surface area contributed by atoms with Crippen LogP contribution >= 0.6 is 22.9 Å². The van der Waals surface area contributed by atoms with Gasteiger partial charge in [-0.05, 0) is 42.5 Å². The molecule has 0 spiro atoms. The summed E-state index contributed by atoms with van der Waals surface area (Å²) in [6, 6.07) is 11.4. The Hall–Kier alpha value is -2.62. The number of benzene rings is 2. The molecule has 0 fully saturated rings. The van der Waals surface area contributed by atoms with Gasteiger partial charge in [0, 0.05) is 23.0 Å². The van der Waals surface area contributed by atoms with Gasteiger partial charge in [0.2, 0.25) is 5.91 Å². The molecule has 0 atom stereocenters. The van der Waals surface area contributed by atoms with Crippen molar-refractivity contribution < 1.29 is 17.9 Å². The largest absolute Gasteiger partial charge is 0.495 e. The highest BCUT2D eigenvalue weighted by molar-refractivity contribution is 7.90. The number of nitrogens with one attached hydrogen (secondary N) is 2. The number of thiazole rings is 1. The quantitative estimate of drug-likeness (QED) is 0.560. The highest BCUT2D eigenvalue weighted by Crippen LogP contribution is 2.27. The molecule has 3 aromatic rings. The number of nitrogens with zero attached hydrogens (tertiary/aromatic N) is 1. The molecule has 0 aliphatic carbocycles. The second-order valence-electron chi connectivity index (χ2n) is 6.14. The third-order valence-electron chi connectivity index (χ3n) is 3.86. The molecular weight excluding hydrogens is 434 g/mol. The molecule has 1 aromatic heterocycles. The molecule has 1 heterocycles. The van der Waals surface area contributed by atoms with Crippen molar-refractivity contribution in [1.29, 1.82) is 0 Å². The number of hydrogen-bond acceptors (Lipinski definition) is 7. The van der Waals surface area contributed by atoms with E-state index in [1.54, 1.807) is 35.7 Å². The van der Waals surface area contributed by atoms with Crippen LogP contribution < -0.4 is 15.4 Å². The van der Waals surface area contributed by atoms with Gasteiger partial charge in [0.1, 0.15) is 5.75 Å². The van der Waals surface area contributed by atoms with Crippen LogP contribution in [0.1, 0.15) is 5.69 Å². The van der Waals surface area contributed by atoms with Gasteiger partial charge in [-0.2, -0.15) is 0 Å². The molecule has 7 nitrogen and oxygen atoms in total. The highest BCUT2D eigenvalue weighted by Gasteiger charge is 2.11. The number of rotatable bonds is 7. The number of methoxy groups -OCH3 is 1. The lowest BCUT2D eigenvalue weighted by molar-refractivity contribution is -0.115. The Balaban J connectivity index is 1.59. The van der Waals surface area contributed by atoms with Crippen molar-refractivity contribution in [3.63, 3.8) is 0 Å². The summed E-state index contributed by atoms with van der Waals surface area (Å²) in [5.41, 5.74) is 1.89.